The van der Waals surface area contributed by atoms with Gasteiger partial charge in [0.15, 0.2) is 0 Å². The number of anilines is 1. The lowest BCUT2D eigenvalue weighted by atomic mass is 9.86. The van der Waals surface area contributed by atoms with Crippen LogP contribution in [0, 0.1) is 6.92 Å². The highest BCUT2D eigenvalue weighted by Gasteiger charge is 2.39. The van der Waals surface area contributed by atoms with Crippen LogP contribution in [0.4, 0.5) is 5.69 Å². The highest BCUT2D eigenvalue weighted by Crippen LogP contribution is 2.46. The third kappa shape index (κ3) is 1.82. The molecule has 0 saturated heterocycles. The molecule has 1 aliphatic carbocycles. The fourth-order valence-electron chi connectivity index (χ4n) is 4.58. The van der Waals surface area contributed by atoms with Gasteiger partial charge in [0.25, 0.3) is 0 Å². The molecular formula is C20H22N4S. The fraction of sp³-hybridized carbons (Fsp3) is 0.400. The first-order valence-corrected chi connectivity index (χ1v) is 9.32. The molecule has 25 heavy (non-hydrogen) atoms. The van der Waals surface area contributed by atoms with Crippen molar-refractivity contribution in [2.24, 2.45) is 0 Å². The number of hydrogen-bond donors (Lipinski definition) is 2. The van der Waals surface area contributed by atoms with Crippen LogP contribution >= 0.6 is 12.2 Å². The molecule has 0 amide bonds. The van der Waals surface area contributed by atoms with Gasteiger partial charge in [0, 0.05) is 40.3 Å². The Hall–Kier alpha value is -2.14. The fourth-order valence-corrected chi connectivity index (χ4v) is 4.79. The summed E-state index contributed by atoms with van der Waals surface area (Å²) in [6.45, 7) is 6.55. The summed E-state index contributed by atoms with van der Waals surface area (Å²) in [5.74, 6) is 0. The molecule has 3 aromatic rings. The summed E-state index contributed by atoms with van der Waals surface area (Å²) in [5, 5.41) is 9.08. The zero-order valence-electron chi connectivity index (χ0n) is 15.1. The maximum absolute atomic E-state index is 5.69. The van der Waals surface area contributed by atoms with E-state index in [0.717, 1.165) is 29.9 Å². The molecule has 2 aliphatic rings. The Balaban J connectivity index is 1.81. The molecule has 2 N–H and O–H groups in total. The number of rotatable bonds is 0. The van der Waals surface area contributed by atoms with Gasteiger partial charge in [-0.1, -0.05) is 12.2 Å². The minimum absolute atomic E-state index is 0.107. The molecule has 5 heteroatoms. The van der Waals surface area contributed by atoms with Crippen molar-refractivity contribution < 1.29 is 0 Å². The summed E-state index contributed by atoms with van der Waals surface area (Å²) in [6.07, 6.45) is 3.33. The Morgan fingerprint density at radius 1 is 1.20 bits per heavy atom. The molecule has 5 rings (SSSR count). The van der Waals surface area contributed by atoms with Crippen molar-refractivity contribution in [1.82, 2.24) is 15.2 Å². The topological polar surface area (TPSA) is 47.7 Å². The number of fused-ring (bicyclic) bond motifs is 6. The molecule has 3 heterocycles. The van der Waals surface area contributed by atoms with Crippen molar-refractivity contribution in [2.75, 3.05) is 11.9 Å². The Bertz CT molecular complexity index is 1050. The summed E-state index contributed by atoms with van der Waals surface area (Å²) < 4.78 is 0. The van der Waals surface area contributed by atoms with Gasteiger partial charge < -0.3 is 9.88 Å². The molecule has 0 atom stereocenters. The van der Waals surface area contributed by atoms with E-state index in [9.17, 15) is 0 Å². The second-order valence-electron chi connectivity index (χ2n) is 7.91. The molecular weight excluding hydrogens is 328 g/mol. The van der Waals surface area contributed by atoms with E-state index in [2.05, 4.69) is 60.0 Å². The van der Waals surface area contributed by atoms with Crippen LogP contribution in [0.2, 0.25) is 0 Å². The van der Waals surface area contributed by atoms with Crippen LogP contribution < -0.4 is 4.90 Å². The van der Waals surface area contributed by atoms with Gasteiger partial charge in [-0.2, -0.15) is 5.10 Å². The van der Waals surface area contributed by atoms with E-state index in [1.54, 1.807) is 0 Å². The van der Waals surface area contributed by atoms with Crippen molar-refractivity contribution in [3.8, 4) is 11.4 Å². The number of nitrogens with zero attached hydrogens (tertiary/aromatic N) is 2. The van der Waals surface area contributed by atoms with E-state index in [1.807, 2.05) is 0 Å². The lowest BCUT2D eigenvalue weighted by Gasteiger charge is -2.20. The summed E-state index contributed by atoms with van der Waals surface area (Å²) in [7, 11) is 2.09. The van der Waals surface area contributed by atoms with Gasteiger partial charge >= 0.3 is 0 Å². The number of nitrogens with one attached hydrogen (secondary N) is 2. The number of thiocarbonyl (C=S) groups is 1. The molecule has 128 valence electrons. The highest BCUT2D eigenvalue weighted by molar-refractivity contribution is 7.80. The van der Waals surface area contributed by atoms with Crippen molar-refractivity contribution in [1.29, 1.82) is 0 Å². The quantitative estimate of drug-likeness (QED) is 0.590. The average Bonchev–Trinajstić information content (AvgIpc) is 3.12. The summed E-state index contributed by atoms with van der Waals surface area (Å²) in [4.78, 5) is 6.84. The van der Waals surface area contributed by atoms with E-state index in [1.165, 1.54) is 44.7 Å². The predicted molar refractivity (Wildman–Crippen MR) is 107 cm³/mol. The molecule has 1 aliphatic heterocycles. The lowest BCUT2D eigenvalue weighted by molar-refractivity contribution is 0.745. The maximum atomic E-state index is 5.69. The second kappa shape index (κ2) is 4.73. The van der Waals surface area contributed by atoms with E-state index < -0.39 is 0 Å². The smallest absolute Gasteiger partial charge is 0.112 e. The SMILES string of the molecule is Cc1[nH]nc2c1CCCc1c-2[nH]c2cc3c(cc12)N(C)C(=S)C3(C)C. The van der Waals surface area contributed by atoms with Crippen LogP contribution in [0.5, 0.6) is 0 Å². The van der Waals surface area contributed by atoms with Crippen LogP contribution in [-0.4, -0.2) is 27.2 Å². The Kier molecular flexibility index (Phi) is 2.86. The van der Waals surface area contributed by atoms with Gasteiger partial charge in [0.05, 0.1) is 10.7 Å². The van der Waals surface area contributed by atoms with Crippen LogP contribution in [-0.2, 0) is 18.3 Å². The summed E-state index contributed by atoms with van der Waals surface area (Å²) in [6, 6.07) is 4.62. The second-order valence-corrected chi connectivity index (χ2v) is 8.30. The van der Waals surface area contributed by atoms with Gasteiger partial charge in [-0.3, -0.25) is 5.10 Å². The molecule has 0 saturated carbocycles. The Morgan fingerprint density at radius 2 is 1.96 bits per heavy atom. The predicted octanol–water partition coefficient (Wildman–Crippen LogP) is 4.41. The number of aryl methyl sites for hydroxylation is 2. The number of likely N-dealkylation sites (N-methyl/N-ethyl adjacent to an activating group) is 1. The number of benzene rings is 1. The third-order valence-electron chi connectivity index (χ3n) is 6.06. The summed E-state index contributed by atoms with van der Waals surface area (Å²) >= 11 is 5.69. The Labute approximate surface area is 152 Å². The number of aromatic nitrogens is 3. The van der Waals surface area contributed by atoms with Gasteiger partial charge in [0.1, 0.15) is 5.69 Å². The van der Waals surface area contributed by atoms with Gasteiger partial charge in [0.2, 0.25) is 0 Å². The highest BCUT2D eigenvalue weighted by atomic mass is 32.1. The lowest BCUT2D eigenvalue weighted by Crippen LogP contribution is -2.31. The molecule has 2 aromatic heterocycles. The zero-order chi connectivity index (χ0) is 17.5. The van der Waals surface area contributed by atoms with E-state index in [-0.39, 0.29) is 5.41 Å². The third-order valence-corrected chi connectivity index (χ3v) is 6.84. The van der Waals surface area contributed by atoms with Crippen LogP contribution in [0.15, 0.2) is 12.1 Å². The minimum atomic E-state index is -0.107. The normalized spacial score (nSPS) is 18.2. The van der Waals surface area contributed by atoms with Gasteiger partial charge in [-0.25, -0.2) is 0 Å². The average molecular weight is 350 g/mol. The monoisotopic (exact) mass is 350 g/mol. The van der Waals surface area contributed by atoms with E-state index in [4.69, 9.17) is 12.2 Å². The Morgan fingerprint density at radius 3 is 2.76 bits per heavy atom. The molecule has 0 bridgehead atoms. The number of hydrogen-bond acceptors (Lipinski definition) is 2. The molecule has 4 nitrogen and oxygen atoms in total. The van der Waals surface area contributed by atoms with Crippen molar-refractivity contribution in [3.63, 3.8) is 0 Å². The molecule has 0 unspecified atom stereocenters. The first kappa shape index (κ1) is 15.1. The van der Waals surface area contributed by atoms with Crippen molar-refractivity contribution in [2.45, 2.75) is 45.4 Å². The van der Waals surface area contributed by atoms with Crippen molar-refractivity contribution >= 4 is 33.8 Å². The van der Waals surface area contributed by atoms with Gasteiger partial charge in [-0.05, 0) is 63.3 Å². The molecule has 1 aromatic carbocycles. The molecule has 0 radical (unpaired) electrons. The summed E-state index contributed by atoms with van der Waals surface area (Å²) in [5.41, 5.74) is 9.88. The van der Waals surface area contributed by atoms with E-state index in [0.29, 0.717) is 0 Å². The standard InChI is InChI=1S/C20H22N4S/c1-10-11-6-5-7-12-13-8-16-14(20(2,3)19(25)24(16)4)9-15(13)21-17(12)18(11)23-22-10/h8-9,21H,5-7H2,1-4H3,(H,22,23). The van der Waals surface area contributed by atoms with Crippen LogP contribution in [0.3, 0.4) is 0 Å². The molecule has 0 fully saturated rings. The largest absolute Gasteiger partial charge is 0.353 e. The number of H-pyrrole nitrogens is 2. The number of aromatic amines is 2. The maximum Gasteiger partial charge on any atom is 0.112 e. The van der Waals surface area contributed by atoms with Gasteiger partial charge in [-0.15, -0.1) is 0 Å². The zero-order valence-corrected chi connectivity index (χ0v) is 15.9. The van der Waals surface area contributed by atoms with Crippen molar-refractivity contribution in [3.05, 3.63) is 34.5 Å². The minimum Gasteiger partial charge on any atom is -0.353 e. The molecule has 0 spiro atoms. The van der Waals surface area contributed by atoms with Crippen LogP contribution in [0.1, 0.15) is 42.7 Å². The first-order valence-electron chi connectivity index (χ1n) is 8.91. The van der Waals surface area contributed by atoms with Crippen LogP contribution in [0.25, 0.3) is 22.3 Å². The van der Waals surface area contributed by atoms with E-state index >= 15 is 0 Å². The first-order chi connectivity index (χ1) is 11.9.